The first kappa shape index (κ1) is 13.1. The summed E-state index contributed by atoms with van der Waals surface area (Å²) in [6.07, 6.45) is 1.20. The van der Waals surface area contributed by atoms with E-state index < -0.39 is 0 Å². The van der Waals surface area contributed by atoms with Crippen molar-refractivity contribution >= 4 is 5.69 Å². The zero-order valence-electron chi connectivity index (χ0n) is 12.1. The number of benzene rings is 1. The smallest absolute Gasteiger partial charge is 0.181 e. The van der Waals surface area contributed by atoms with E-state index in [1.165, 1.54) is 12.1 Å². The fourth-order valence-corrected chi connectivity index (χ4v) is 2.51. The molecule has 0 spiro atoms. The second-order valence-corrected chi connectivity index (χ2v) is 5.24. The van der Waals surface area contributed by atoms with Gasteiger partial charge in [-0.05, 0) is 44.2 Å². The van der Waals surface area contributed by atoms with E-state index >= 15 is 0 Å². The highest BCUT2D eigenvalue weighted by molar-refractivity contribution is 5.60. The molecule has 106 valence electrons. The standard InChI is InChI=1S/C15H21N5/c1-12-17-15(18-19(12)2)13-4-6-14(7-5-13)20-10-3-8-16-9-11-20/h4-7,16H,3,8-11H2,1-2H3. The van der Waals surface area contributed by atoms with Crippen LogP contribution < -0.4 is 10.2 Å². The van der Waals surface area contributed by atoms with Gasteiger partial charge < -0.3 is 10.2 Å². The quantitative estimate of drug-likeness (QED) is 0.901. The van der Waals surface area contributed by atoms with Crippen molar-refractivity contribution in [1.82, 2.24) is 20.1 Å². The Labute approximate surface area is 119 Å². The van der Waals surface area contributed by atoms with Crippen LogP contribution in [0.1, 0.15) is 12.2 Å². The molecule has 1 aliphatic rings. The molecule has 3 rings (SSSR count). The van der Waals surface area contributed by atoms with Gasteiger partial charge in [0.15, 0.2) is 5.82 Å². The lowest BCUT2D eigenvalue weighted by Gasteiger charge is -2.22. The topological polar surface area (TPSA) is 46.0 Å². The highest BCUT2D eigenvalue weighted by Crippen LogP contribution is 2.21. The van der Waals surface area contributed by atoms with Crippen LogP contribution in [0, 0.1) is 6.92 Å². The minimum atomic E-state index is 0.800. The van der Waals surface area contributed by atoms with E-state index in [4.69, 9.17) is 0 Å². The molecule has 0 saturated carbocycles. The van der Waals surface area contributed by atoms with E-state index in [2.05, 4.69) is 44.6 Å². The number of anilines is 1. The lowest BCUT2D eigenvalue weighted by atomic mass is 10.2. The molecule has 0 bridgehead atoms. The zero-order valence-corrected chi connectivity index (χ0v) is 12.1. The van der Waals surface area contributed by atoms with Crippen molar-refractivity contribution in [3.63, 3.8) is 0 Å². The monoisotopic (exact) mass is 271 g/mol. The van der Waals surface area contributed by atoms with Crippen molar-refractivity contribution in [2.24, 2.45) is 7.05 Å². The fraction of sp³-hybridized carbons (Fsp3) is 0.467. The summed E-state index contributed by atoms with van der Waals surface area (Å²) in [4.78, 5) is 6.90. The van der Waals surface area contributed by atoms with Gasteiger partial charge in [-0.2, -0.15) is 5.10 Å². The van der Waals surface area contributed by atoms with Gasteiger partial charge in [0.05, 0.1) is 0 Å². The first-order chi connectivity index (χ1) is 9.74. The van der Waals surface area contributed by atoms with Crippen LogP contribution in [0.5, 0.6) is 0 Å². The van der Waals surface area contributed by atoms with E-state index in [0.29, 0.717) is 0 Å². The fourth-order valence-electron chi connectivity index (χ4n) is 2.51. The molecule has 1 aromatic heterocycles. The molecule has 5 nitrogen and oxygen atoms in total. The van der Waals surface area contributed by atoms with Crippen LogP contribution in [0.4, 0.5) is 5.69 Å². The van der Waals surface area contributed by atoms with Gasteiger partial charge in [0.25, 0.3) is 0 Å². The number of nitrogens with one attached hydrogen (secondary N) is 1. The molecule has 1 N–H and O–H groups in total. The Bertz CT molecular complexity index is 545. The maximum atomic E-state index is 4.47. The van der Waals surface area contributed by atoms with Crippen LogP contribution >= 0.6 is 0 Å². The van der Waals surface area contributed by atoms with Crippen molar-refractivity contribution in [2.45, 2.75) is 13.3 Å². The average Bonchev–Trinajstić information content (AvgIpc) is 2.70. The number of rotatable bonds is 2. The Morgan fingerprint density at radius 2 is 1.90 bits per heavy atom. The molecule has 0 aliphatic carbocycles. The summed E-state index contributed by atoms with van der Waals surface area (Å²) in [5, 5.41) is 7.85. The number of hydrogen-bond acceptors (Lipinski definition) is 4. The summed E-state index contributed by atoms with van der Waals surface area (Å²) in [7, 11) is 1.92. The summed E-state index contributed by atoms with van der Waals surface area (Å²) < 4.78 is 1.81. The summed E-state index contributed by atoms with van der Waals surface area (Å²) in [6, 6.07) is 8.57. The Balaban J connectivity index is 1.80. The predicted molar refractivity (Wildman–Crippen MR) is 80.9 cm³/mol. The highest BCUT2D eigenvalue weighted by Gasteiger charge is 2.11. The maximum absolute atomic E-state index is 4.47. The molecular weight excluding hydrogens is 250 g/mol. The molecule has 0 radical (unpaired) electrons. The van der Waals surface area contributed by atoms with Crippen molar-refractivity contribution in [3.05, 3.63) is 30.1 Å². The first-order valence-corrected chi connectivity index (χ1v) is 7.18. The Morgan fingerprint density at radius 3 is 2.60 bits per heavy atom. The molecule has 1 aliphatic heterocycles. The van der Waals surface area contributed by atoms with E-state index in [1.54, 1.807) is 0 Å². The molecule has 1 fully saturated rings. The van der Waals surface area contributed by atoms with Crippen molar-refractivity contribution in [2.75, 3.05) is 31.1 Å². The molecule has 20 heavy (non-hydrogen) atoms. The molecule has 2 aromatic rings. The molecule has 1 saturated heterocycles. The van der Waals surface area contributed by atoms with Gasteiger partial charge in [0.1, 0.15) is 5.82 Å². The molecule has 0 atom stereocenters. The third kappa shape index (κ3) is 2.67. The largest absolute Gasteiger partial charge is 0.370 e. The van der Waals surface area contributed by atoms with Gasteiger partial charge in [-0.1, -0.05) is 0 Å². The number of aromatic nitrogens is 3. The molecule has 0 unspecified atom stereocenters. The minimum absolute atomic E-state index is 0.800. The van der Waals surface area contributed by atoms with E-state index in [0.717, 1.165) is 43.4 Å². The van der Waals surface area contributed by atoms with Crippen LogP contribution in [-0.4, -0.2) is 40.9 Å². The third-order valence-electron chi connectivity index (χ3n) is 3.81. The van der Waals surface area contributed by atoms with E-state index in [1.807, 2.05) is 18.7 Å². The second-order valence-electron chi connectivity index (χ2n) is 5.24. The Hall–Kier alpha value is -1.88. The van der Waals surface area contributed by atoms with Gasteiger partial charge in [-0.15, -0.1) is 0 Å². The van der Waals surface area contributed by atoms with Gasteiger partial charge in [-0.25, -0.2) is 4.98 Å². The Kier molecular flexibility index (Phi) is 3.69. The third-order valence-corrected chi connectivity index (χ3v) is 3.81. The lowest BCUT2D eigenvalue weighted by Crippen LogP contribution is -2.27. The van der Waals surface area contributed by atoms with Crippen molar-refractivity contribution in [3.8, 4) is 11.4 Å². The molecular formula is C15H21N5. The van der Waals surface area contributed by atoms with Gasteiger partial charge in [0.2, 0.25) is 0 Å². The van der Waals surface area contributed by atoms with Crippen LogP contribution in [0.2, 0.25) is 0 Å². The molecule has 2 heterocycles. The minimum Gasteiger partial charge on any atom is -0.370 e. The maximum Gasteiger partial charge on any atom is 0.181 e. The van der Waals surface area contributed by atoms with Crippen LogP contribution in [0.25, 0.3) is 11.4 Å². The lowest BCUT2D eigenvalue weighted by molar-refractivity contribution is 0.724. The van der Waals surface area contributed by atoms with Crippen LogP contribution in [-0.2, 0) is 7.05 Å². The molecule has 5 heteroatoms. The van der Waals surface area contributed by atoms with Crippen LogP contribution in [0.15, 0.2) is 24.3 Å². The number of aryl methyl sites for hydroxylation is 2. The van der Waals surface area contributed by atoms with Crippen molar-refractivity contribution < 1.29 is 0 Å². The van der Waals surface area contributed by atoms with Gasteiger partial charge >= 0.3 is 0 Å². The summed E-state index contributed by atoms with van der Waals surface area (Å²) >= 11 is 0. The molecule has 1 aromatic carbocycles. The van der Waals surface area contributed by atoms with Gasteiger partial charge in [0, 0.05) is 37.9 Å². The number of hydrogen-bond donors (Lipinski definition) is 1. The number of nitrogens with zero attached hydrogens (tertiary/aromatic N) is 4. The summed E-state index contributed by atoms with van der Waals surface area (Å²) in [5.41, 5.74) is 2.36. The van der Waals surface area contributed by atoms with Gasteiger partial charge in [-0.3, -0.25) is 4.68 Å². The summed E-state index contributed by atoms with van der Waals surface area (Å²) in [5.74, 6) is 1.73. The van der Waals surface area contributed by atoms with Crippen molar-refractivity contribution in [1.29, 1.82) is 0 Å². The highest BCUT2D eigenvalue weighted by atomic mass is 15.3. The SMILES string of the molecule is Cc1nc(-c2ccc(N3CCCNCC3)cc2)nn1C. The van der Waals surface area contributed by atoms with E-state index in [-0.39, 0.29) is 0 Å². The second kappa shape index (κ2) is 5.63. The normalized spacial score (nSPS) is 16.2. The molecule has 0 amide bonds. The van der Waals surface area contributed by atoms with Crippen LogP contribution in [0.3, 0.4) is 0 Å². The first-order valence-electron chi connectivity index (χ1n) is 7.18. The Morgan fingerprint density at radius 1 is 1.10 bits per heavy atom. The summed E-state index contributed by atoms with van der Waals surface area (Å²) in [6.45, 7) is 6.33. The van der Waals surface area contributed by atoms with E-state index in [9.17, 15) is 0 Å². The zero-order chi connectivity index (χ0) is 13.9. The predicted octanol–water partition coefficient (Wildman–Crippen LogP) is 1.59. The average molecular weight is 271 g/mol.